The molecule has 250 valence electrons. The average molecular weight is 745 g/mol. The van der Waals surface area contributed by atoms with Gasteiger partial charge in [0.05, 0.1) is 9.82 Å². The molecule has 0 bridgehead atoms. The molecular weight excluding hydrogens is 711 g/mol. The average Bonchev–Trinajstić information content (AvgIpc) is 3.02. The van der Waals surface area contributed by atoms with E-state index in [-0.39, 0.29) is 85.9 Å². The molecular formula is C32H34N4Na2O8S3. The van der Waals surface area contributed by atoms with Crippen molar-refractivity contribution in [2.75, 3.05) is 19.6 Å². The van der Waals surface area contributed by atoms with Crippen LogP contribution >= 0.6 is 0 Å². The summed E-state index contributed by atoms with van der Waals surface area (Å²) in [5.74, 6) is 0. The van der Waals surface area contributed by atoms with Crippen LogP contribution < -0.4 is 59.1 Å². The molecule has 0 heterocycles. The molecule has 12 nitrogen and oxygen atoms in total. The summed E-state index contributed by atoms with van der Waals surface area (Å²) in [6, 6.07) is 22.3. The Morgan fingerprint density at radius 2 is 1.04 bits per heavy atom. The van der Waals surface area contributed by atoms with Gasteiger partial charge in [0.2, 0.25) is 10.0 Å². The van der Waals surface area contributed by atoms with Crippen LogP contribution in [0.5, 0.6) is 0 Å². The normalized spacial score (nSPS) is 12.5. The largest absolute Gasteiger partial charge is 1.00 e. The van der Waals surface area contributed by atoms with Gasteiger partial charge in [-0.05, 0) is 75.7 Å². The minimum absolute atomic E-state index is 0. The number of non-ortho nitro benzene ring substituents is 1. The van der Waals surface area contributed by atoms with Gasteiger partial charge >= 0.3 is 59.1 Å². The minimum atomic E-state index is -4.37. The Morgan fingerprint density at radius 3 is 1.47 bits per heavy atom. The Hall–Kier alpha value is -1.99. The number of hydrogen-bond acceptors (Lipinski definition) is 8. The van der Waals surface area contributed by atoms with E-state index in [0.717, 1.165) is 21.0 Å². The van der Waals surface area contributed by atoms with E-state index in [2.05, 4.69) is 9.44 Å². The third kappa shape index (κ3) is 11.8. The van der Waals surface area contributed by atoms with Crippen molar-refractivity contribution in [1.82, 2.24) is 4.31 Å². The maximum absolute atomic E-state index is 14.2. The third-order valence-electron chi connectivity index (χ3n) is 7.33. The molecule has 17 heteroatoms. The van der Waals surface area contributed by atoms with Gasteiger partial charge in [-0.25, -0.2) is 25.3 Å². The predicted octanol–water partition coefficient (Wildman–Crippen LogP) is -0.345. The molecule has 0 amide bonds. The number of nitro benzene ring substituents is 1. The first kappa shape index (κ1) is 43.2. The molecule has 0 spiro atoms. The fourth-order valence-corrected chi connectivity index (χ4v) is 8.20. The summed E-state index contributed by atoms with van der Waals surface area (Å²) < 4.78 is 89.5. The van der Waals surface area contributed by atoms with Gasteiger partial charge in [0, 0.05) is 28.0 Å². The van der Waals surface area contributed by atoms with Crippen molar-refractivity contribution in [3.05, 3.63) is 139 Å². The van der Waals surface area contributed by atoms with Crippen molar-refractivity contribution in [3.8, 4) is 0 Å². The fourth-order valence-electron chi connectivity index (χ4n) is 4.64. The molecule has 0 fully saturated rings. The fraction of sp³-hybridized carbons (Fsp3) is 0.250. The van der Waals surface area contributed by atoms with Gasteiger partial charge in [-0.1, -0.05) is 65.2 Å². The van der Waals surface area contributed by atoms with Gasteiger partial charge in [-0.15, -0.1) is 13.1 Å². The van der Waals surface area contributed by atoms with Crippen LogP contribution in [0.3, 0.4) is 0 Å². The monoisotopic (exact) mass is 744 g/mol. The van der Waals surface area contributed by atoms with E-state index in [4.69, 9.17) is 0 Å². The Balaban J connectivity index is 0.00000417. The quantitative estimate of drug-likeness (QED) is 0.0902. The second kappa shape index (κ2) is 18.5. The van der Waals surface area contributed by atoms with Crippen LogP contribution in [-0.2, 0) is 36.5 Å². The van der Waals surface area contributed by atoms with Gasteiger partial charge in [0.1, 0.15) is 20.0 Å². The summed E-state index contributed by atoms with van der Waals surface area (Å²) in [5, 5.41) is 11.2. The van der Waals surface area contributed by atoms with E-state index in [9.17, 15) is 35.4 Å². The number of nitro groups is 1. The summed E-state index contributed by atoms with van der Waals surface area (Å²) in [6.45, 7) is 3.96. The maximum atomic E-state index is 14.2. The zero-order valence-corrected chi connectivity index (χ0v) is 34.4. The van der Waals surface area contributed by atoms with Crippen LogP contribution in [0.1, 0.15) is 22.3 Å². The zero-order chi connectivity index (χ0) is 34.4. The number of aryl methyl sites for hydroxylation is 3. The summed E-state index contributed by atoms with van der Waals surface area (Å²) in [6.07, 6.45) is -0.0965. The van der Waals surface area contributed by atoms with Crippen molar-refractivity contribution < 1.29 is 89.3 Å². The van der Waals surface area contributed by atoms with Crippen LogP contribution in [-0.4, -0.2) is 60.2 Å². The molecule has 0 aliphatic carbocycles. The standard InChI is InChI=1S/C32H34N4O8S3.2Na/c1-24-4-14-30(15-5-24)45(39,40)33-20-21-35(47(43,44)32-18-8-26(3)9-19-32)29(22-27-10-12-28(13-11-27)36(37)38)23-34-46(41,42)31-16-6-25(2)7-17-31;;/h4-19,29H,20-23H2,1-3H3;;/q-2;2*+1. The first-order valence-corrected chi connectivity index (χ1v) is 18.7. The van der Waals surface area contributed by atoms with Crippen LogP contribution in [0, 0.1) is 30.9 Å². The summed E-state index contributed by atoms with van der Waals surface area (Å²) in [5.41, 5.74) is 2.77. The molecule has 1 atom stereocenters. The summed E-state index contributed by atoms with van der Waals surface area (Å²) in [4.78, 5) is 10.4. The van der Waals surface area contributed by atoms with Gasteiger partial charge < -0.3 is 9.44 Å². The molecule has 4 rings (SSSR count). The number of hydrogen-bond donors (Lipinski definition) is 0. The van der Waals surface area contributed by atoms with E-state index >= 15 is 0 Å². The Kier molecular flexibility index (Phi) is 16.3. The van der Waals surface area contributed by atoms with Crippen molar-refractivity contribution in [3.63, 3.8) is 0 Å². The first-order valence-electron chi connectivity index (χ1n) is 14.4. The molecule has 0 aliphatic heterocycles. The molecule has 0 aromatic heterocycles. The number of rotatable bonds is 15. The molecule has 0 aliphatic rings. The number of sulfonamides is 3. The van der Waals surface area contributed by atoms with Crippen LogP contribution in [0.25, 0.3) is 9.44 Å². The minimum Gasteiger partial charge on any atom is -0.544 e. The summed E-state index contributed by atoms with van der Waals surface area (Å²) >= 11 is 0. The van der Waals surface area contributed by atoms with E-state index in [0.29, 0.717) is 5.56 Å². The SMILES string of the molecule is Cc1ccc(S(=O)(=O)[N-]CCN(C(C[N-]S(=O)(=O)c2ccc(C)cc2)Cc2ccc([N+](=O)[O-])cc2)S(=O)(=O)c2ccc(C)cc2)cc1.[Na+].[Na+]. The topological polar surface area (TPSA) is 177 Å². The van der Waals surface area contributed by atoms with Gasteiger partial charge in [-0.3, -0.25) is 10.1 Å². The van der Waals surface area contributed by atoms with Gasteiger partial charge in [0.25, 0.3) is 5.69 Å². The third-order valence-corrected chi connectivity index (χ3v) is 12.0. The van der Waals surface area contributed by atoms with E-state index in [1.165, 1.54) is 60.7 Å². The van der Waals surface area contributed by atoms with E-state index in [1.807, 2.05) is 0 Å². The zero-order valence-electron chi connectivity index (χ0n) is 27.9. The molecule has 1 unspecified atom stereocenters. The smallest absolute Gasteiger partial charge is 0.544 e. The predicted molar refractivity (Wildman–Crippen MR) is 179 cm³/mol. The van der Waals surface area contributed by atoms with Crippen molar-refractivity contribution in [1.29, 1.82) is 0 Å². The van der Waals surface area contributed by atoms with E-state index < -0.39 is 60.7 Å². The Bertz CT molecular complexity index is 2030. The van der Waals surface area contributed by atoms with Crippen molar-refractivity contribution in [2.45, 2.75) is 47.9 Å². The van der Waals surface area contributed by atoms with Crippen molar-refractivity contribution in [2.24, 2.45) is 0 Å². The van der Waals surface area contributed by atoms with Gasteiger partial charge in [0.15, 0.2) is 0 Å². The second-order valence-electron chi connectivity index (χ2n) is 11.0. The van der Waals surface area contributed by atoms with E-state index in [1.54, 1.807) is 57.2 Å². The Labute approximate surface area is 332 Å². The van der Waals surface area contributed by atoms with Crippen LogP contribution in [0.4, 0.5) is 5.69 Å². The molecule has 0 radical (unpaired) electrons. The van der Waals surface area contributed by atoms with Gasteiger partial charge in [-0.2, -0.15) is 4.31 Å². The molecule has 0 N–H and O–H groups in total. The number of nitrogens with zero attached hydrogens (tertiary/aromatic N) is 4. The molecule has 0 saturated heterocycles. The molecule has 4 aromatic carbocycles. The molecule has 4 aromatic rings. The van der Waals surface area contributed by atoms with Crippen LogP contribution in [0.15, 0.2) is 112 Å². The maximum Gasteiger partial charge on any atom is 1.00 e. The first-order chi connectivity index (χ1) is 22.1. The Morgan fingerprint density at radius 1 is 0.633 bits per heavy atom. The second-order valence-corrected chi connectivity index (χ2v) is 16.2. The molecule has 49 heavy (non-hydrogen) atoms. The summed E-state index contributed by atoms with van der Waals surface area (Å²) in [7, 11) is -12.7. The number of benzene rings is 4. The van der Waals surface area contributed by atoms with Crippen molar-refractivity contribution >= 4 is 35.8 Å². The molecule has 0 saturated carbocycles. The van der Waals surface area contributed by atoms with Crippen LogP contribution in [0.2, 0.25) is 0 Å².